The maximum Gasteiger partial charge on any atom is 0.140 e. The molecule has 0 unspecified atom stereocenters. The number of benzene rings is 2. The van der Waals surface area contributed by atoms with Crippen LogP contribution in [-0.2, 0) is 19.6 Å². The second-order valence-electron chi connectivity index (χ2n) is 5.74. The number of anilines is 1. The molecule has 0 amide bonds. The molecule has 1 N–H and O–H groups in total. The number of rotatable bonds is 7. The Balaban J connectivity index is 1.50. The molecule has 0 aliphatic rings. The topological polar surface area (TPSA) is 34.1 Å². The van der Waals surface area contributed by atoms with Gasteiger partial charge in [0.05, 0.1) is 12.2 Å². The third-order valence-corrected chi connectivity index (χ3v) is 4.69. The van der Waals surface area contributed by atoms with E-state index in [9.17, 15) is 0 Å². The van der Waals surface area contributed by atoms with Gasteiger partial charge in [0.25, 0.3) is 0 Å². The van der Waals surface area contributed by atoms with Crippen LogP contribution in [0.4, 0.5) is 5.69 Å². The van der Waals surface area contributed by atoms with Crippen molar-refractivity contribution in [2.24, 2.45) is 0 Å². The number of nitrogens with zero attached hydrogens (tertiary/aromatic N) is 1. The fourth-order valence-electron chi connectivity index (χ4n) is 2.33. The van der Waals surface area contributed by atoms with Crippen LogP contribution in [0.15, 0.2) is 53.9 Å². The Kier molecular flexibility index (Phi) is 5.49. The van der Waals surface area contributed by atoms with Crippen LogP contribution >= 0.6 is 11.3 Å². The summed E-state index contributed by atoms with van der Waals surface area (Å²) in [6, 6.07) is 16.6. The molecule has 0 fully saturated rings. The van der Waals surface area contributed by atoms with E-state index in [1.165, 1.54) is 11.1 Å². The number of aromatic nitrogens is 1. The van der Waals surface area contributed by atoms with Crippen molar-refractivity contribution in [3.8, 4) is 5.75 Å². The predicted molar refractivity (Wildman–Crippen MR) is 101 cm³/mol. The number of hydrogen-bond donors (Lipinski definition) is 1. The molecule has 0 spiro atoms. The lowest BCUT2D eigenvalue weighted by Crippen LogP contribution is -2.01. The minimum Gasteiger partial charge on any atom is -0.486 e. The molecule has 3 rings (SSSR count). The highest BCUT2D eigenvalue weighted by Crippen LogP contribution is 2.17. The van der Waals surface area contributed by atoms with Gasteiger partial charge in [-0.05, 0) is 43.2 Å². The van der Waals surface area contributed by atoms with Crippen LogP contribution in [0, 0.1) is 6.92 Å². The first-order valence-corrected chi connectivity index (χ1v) is 9.06. The Morgan fingerprint density at radius 2 is 1.79 bits per heavy atom. The zero-order chi connectivity index (χ0) is 16.8. The summed E-state index contributed by atoms with van der Waals surface area (Å²) in [5, 5.41) is 6.49. The van der Waals surface area contributed by atoms with Crippen molar-refractivity contribution < 1.29 is 4.74 Å². The molecule has 0 radical (unpaired) electrons. The maximum atomic E-state index is 5.78. The van der Waals surface area contributed by atoms with Crippen molar-refractivity contribution in [1.82, 2.24) is 4.98 Å². The van der Waals surface area contributed by atoms with E-state index in [0.717, 1.165) is 35.1 Å². The molecule has 1 aromatic heterocycles. The number of thiazole rings is 1. The van der Waals surface area contributed by atoms with Crippen molar-refractivity contribution in [3.05, 3.63) is 75.7 Å². The zero-order valence-electron chi connectivity index (χ0n) is 14.1. The largest absolute Gasteiger partial charge is 0.486 e. The molecule has 2 aromatic carbocycles. The summed E-state index contributed by atoms with van der Waals surface area (Å²) in [5.41, 5.74) is 4.75. The highest BCUT2D eigenvalue weighted by Gasteiger charge is 2.03. The maximum absolute atomic E-state index is 5.78. The zero-order valence-corrected chi connectivity index (χ0v) is 14.9. The van der Waals surface area contributed by atoms with Gasteiger partial charge in [-0.2, -0.15) is 0 Å². The van der Waals surface area contributed by atoms with Gasteiger partial charge in [0, 0.05) is 11.1 Å². The Bertz CT molecular complexity index is 763. The van der Waals surface area contributed by atoms with Gasteiger partial charge in [-0.3, -0.25) is 0 Å². The average Bonchev–Trinajstić information content (AvgIpc) is 3.08. The smallest absolute Gasteiger partial charge is 0.140 e. The Morgan fingerprint density at radius 1 is 1.04 bits per heavy atom. The van der Waals surface area contributed by atoms with Crippen LogP contribution in [0.25, 0.3) is 0 Å². The highest BCUT2D eigenvalue weighted by molar-refractivity contribution is 7.09. The fraction of sp³-hybridized carbons (Fsp3) is 0.250. The van der Waals surface area contributed by atoms with Crippen molar-refractivity contribution >= 4 is 17.0 Å². The van der Waals surface area contributed by atoms with Gasteiger partial charge in [-0.1, -0.05) is 36.8 Å². The van der Waals surface area contributed by atoms with Gasteiger partial charge in [0.2, 0.25) is 0 Å². The molecule has 0 saturated heterocycles. The van der Waals surface area contributed by atoms with Gasteiger partial charge < -0.3 is 10.1 Å². The van der Waals surface area contributed by atoms with E-state index in [1.807, 2.05) is 12.1 Å². The molecule has 0 aliphatic carbocycles. The first-order chi connectivity index (χ1) is 11.7. The molecule has 3 aromatic rings. The van der Waals surface area contributed by atoms with Crippen LogP contribution < -0.4 is 10.1 Å². The van der Waals surface area contributed by atoms with Gasteiger partial charge in [0.15, 0.2) is 0 Å². The third-order valence-electron chi connectivity index (χ3n) is 3.82. The van der Waals surface area contributed by atoms with Crippen LogP contribution in [0.5, 0.6) is 5.75 Å². The van der Waals surface area contributed by atoms with E-state index >= 15 is 0 Å². The summed E-state index contributed by atoms with van der Waals surface area (Å²) < 4.78 is 5.78. The lowest BCUT2D eigenvalue weighted by Gasteiger charge is -2.05. The number of ether oxygens (including phenoxy) is 1. The predicted octanol–water partition coefficient (Wildman–Crippen LogP) is 5.21. The van der Waals surface area contributed by atoms with E-state index in [-0.39, 0.29) is 0 Å². The van der Waals surface area contributed by atoms with Crippen molar-refractivity contribution in [2.45, 2.75) is 33.4 Å². The first kappa shape index (κ1) is 16.5. The van der Waals surface area contributed by atoms with E-state index in [0.29, 0.717) is 6.61 Å². The number of nitrogens with one attached hydrogen (secondary N) is 1. The number of aryl methyl sites for hydroxylation is 2. The van der Waals surface area contributed by atoms with Gasteiger partial charge in [-0.15, -0.1) is 11.3 Å². The molecule has 0 bridgehead atoms. The average molecular weight is 338 g/mol. The Hall–Kier alpha value is -2.33. The lowest BCUT2D eigenvalue weighted by molar-refractivity contribution is 0.305. The summed E-state index contributed by atoms with van der Waals surface area (Å²) in [6.07, 6.45) is 1.07. The Labute approximate surface area is 147 Å². The molecule has 0 saturated carbocycles. The SMILES string of the molecule is CCc1ccc(NCc2csc(COc3ccc(C)cc3)n2)cc1. The van der Waals surface area contributed by atoms with Crippen molar-refractivity contribution in [1.29, 1.82) is 0 Å². The van der Waals surface area contributed by atoms with E-state index in [1.54, 1.807) is 11.3 Å². The minimum atomic E-state index is 0.513. The van der Waals surface area contributed by atoms with Crippen LogP contribution in [0.3, 0.4) is 0 Å². The molecule has 24 heavy (non-hydrogen) atoms. The normalized spacial score (nSPS) is 10.6. The van der Waals surface area contributed by atoms with E-state index < -0.39 is 0 Å². The quantitative estimate of drug-likeness (QED) is 0.642. The van der Waals surface area contributed by atoms with Crippen molar-refractivity contribution in [3.63, 3.8) is 0 Å². The van der Waals surface area contributed by atoms with E-state index in [4.69, 9.17) is 4.74 Å². The molecule has 4 heteroatoms. The molecule has 0 aliphatic heterocycles. The van der Waals surface area contributed by atoms with Crippen LogP contribution in [-0.4, -0.2) is 4.98 Å². The fourth-order valence-corrected chi connectivity index (χ4v) is 3.03. The first-order valence-electron chi connectivity index (χ1n) is 8.18. The van der Waals surface area contributed by atoms with Crippen molar-refractivity contribution in [2.75, 3.05) is 5.32 Å². The standard InChI is InChI=1S/C20H22N2OS/c1-3-16-6-8-17(9-7-16)21-12-18-14-24-20(22-18)13-23-19-10-4-15(2)5-11-19/h4-11,14,21H,3,12-13H2,1-2H3. The molecule has 124 valence electrons. The summed E-state index contributed by atoms with van der Waals surface area (Å²) in [4.78, 5) is 4.62. The number of hydrogen-bond acceptors (Lipinski definition) is 4. The summed E-state index contributed by atoms with van der Waals surface area (Å²) in [6.45, 7) is 5.48. The lowest BCUT2D eigenvalue weighted by atomic mass is 10.1. The van der Waals surface area contributed by atoms with Crippen LogP contribution in [0.2, 0.25) is 0 Å². The molecular formula is C20H22N2OS. The Morgan fingerprint density at radius 3 is 2.50 bits per heavy atom. The summed E-state index contributed by atoms with van der Waals surface area (Å²) in [7, 11) is 0. The molecule has 1 heterocycles. The molecular weight excluding hydrogens is 316 g/mol. The monoisotopic (exact) mass is 338 g/mol. The van der Waals surface area contributed by atoms with E-state index in [2.05, 4.69) is 65.9 Å². The van der Waals surface area contributed by atoms with Gasteiger partial charge in [-0.25, -0.2) is 4.98 Å². The summed E-state index contributed by atoms with van der Waals surface area (Å²) in [5.74, 6) is 0.881. The minimum absolute atomic E-state index is 0.513. The molecule has 0 atom stereocenters. The van der Waals surface area contributed by atoms with Gasteiger partial charge >= 0.3 is 0 Å². The van der Waals surface area contributed by atoms with Gasteiger partial charge in [0.1, 0.15) is 17.4 Å². The third kappa shape index (κ3) is 4.59. The second kappa shape index (κ2) is 7.97. The second-order valence-corrected chi connectivity index (χ2v) is 6.68. The molecule has 3 nitrogen and oxygen atoms in total. The highest BCUT2D eigenvalue weighted by atomic mass is 32.1. The van der Waals surface area contributed by atoms with Crippen LogP contribution in [0.1, 0.15) is 28.8 Å². The summed E-state index contributed by atoms with van der Waals surface area (Å²) >= 11 is 1.64.